The van der Waals surface area contributed by atoms with Crippen molar-refractivity contribution in [2.75, 3.05) is 6.61 Å². The highest BCUT2D eigenvalue weighted by atomic mass is 17.2. The molecule has 0 aliphatic carbocycles. The molecule has 0 rings (SSSR count). The molecule has 0 fully saturated rings. The molecule has 0 amide bonds. The van der Waals surface area contributed by atoms with E-state index in [1.54, 1.807) is 0 Å². The van der Waals surface area contributed by atoms with Crippen molar-refractivity contribution in [2.45, 2.75) is 78.2 Å². The van der Waals surface area contributed by atoms with Crippen molar-refractivity contribution in [3.8, 4) is 0 Å². The van der Waals surface area contributed by atoms with Crippen LogP contribution in [-0.4, -0.2) is 12.7 Å². The van der Waals surface area contributed by atoms with Crippen LogP contribution in [-0.2, 0) is 9.78 Å². The molecule has 15 heavy (non-hydrogen) atoms. The van der Waals surface area contributed by atoms with Crippen LogP contribution < -0.4 is 0 Å². The summed E-state index contributed by atoms with van der Waals surface area (Å²) in [5.41, 5.74) is 0. The van der Waals surface area contributed by atoms with Gasteiger partial charge in [-0.05, 0) is 19.8 Å². The zero-order valence-electron chi connectivity index (χ0n) is 10.8. The minimum Gasteiger partial charge on any atom is -0.237 e. The summed E-state index contributed by atoms with van der Waals surface area (Å²) in [5, 5.41) is 0. The maximum atomic E-state index is 5.27. The van der Waals surface area contributed by atoms with E-state index in [0.717, 1.165) is 12.8 Å². The molecular weight excluding hydrogens is 188 g/mol. The molecule has 0 saturated carbocycles. The van der Waals surface area contributed by atoms with E-state index in [4.69, 9.17) is 9.78 Å². The molecule has 0 saturated heterocycles. The molecule has 92 valence electrons. The fourth-order valence-corrected chi connectivity index (χ4v) is 1.64. The first kappa shape index (κ1) is 14.9. The van der Waals surface area contributed by atoms with Gasteiger partial charge in [-0.25, -0.2) is 9.78 Å². The monoisotopic (exact) mass is 216 g/mol. The van der Waals surface area contributed by atoms with Crippen LogP contribution in [0.2, 0.25) is 0 Å². The summed E-state index contributed by atoms with van der Waals surface area (Å²) in [6.45, 7) is 7.01. The standard InChI is InChI=1S/C13H28O2/c1-4-7-8-9-10-11-12-13(5-2)15-14-6-3/h13H,4-12H2,1-3H3. The van der Waals surface area contributed by atoms with Crippen LogP contribution in [0.15, 0.2) is 0 Å². The molecule has 0 bridgehead atoms. The van der Waals surface area contributed by atoms with Crippen LogP contribution in [0.3, 0.4) is 0 Å². The minimum absolute atomic E-state index is 0.302. The van der Waals surface area contributed by atoms with Crippen molar-refractivity contribution in [3.63, 3.8) is 0 Å². The van der Waals surface area contributed by atoms with Gasteiger partial charge in [-0.1, -0.05) is 52.4 Å². The summed E-state index contributed by atoms with van der Waals surface area (Å²) >= 11 is 0. The van der Waals surface area contributed by atoms with E-state index in [0.29, 0.717) is 12.7 Å². The Morgan fingerprint density at radius 2 is 1.53 bits per heavy atom. The van der Waals surface area contributed by atoms with Gasteiger partial charge in [0.05, 0.1) is 12.7 Å². The van der Waals surface area contributed by atoms with Crippen LogP contribution >= 0.6 is 0 Å². The molecule has 1 unspecified atom stereocenters. The van der Waals surface area contributed by atoms with Crippen LogP contribution in [0.4, 0.5) is 0 Å². The van der Waals surface area contributed by atoms with Gasteiger partial charge in [0.15, 0.2) is 0 Å². The van der Waals surface area contributed by atoms with Crippen molar-refractivity contribution < 1.29 is 9.78 Å². The maximum Gasteiger partial charge on any atom is 0.0927 e. The largest absolute Gasteiger partial charge is 0.237 e. The third-order valence-corrected chi connectivity index (χ3v) is 2.66. The SMILES string of the molecule is CCCCCCCCC(CC)OOCC. The highest BCUT2D eigenvalue weighted by molar-refractivity contribution is 4.54. The normalized spacial score (nSPS) is 13.0. The Morgan fingerprint density at radius 3 is 2.13 bits per heavy atom. The summed E-state index contributed by atoms with van der Waals surface area (Å²) < 4.78 is 0. The van der Waals surface area contributed by atoms with Crippen LogP contribution in [0, 0.1) is 0 Å². The van der Waals surface area contributed by atoms with Gasteiger partial charge in [-0.3, -0.25) is 0 Å². The Morgan fingerprint density at radius 1 is 0.867 bits per heavy atom. The molecule has 0 spiro atoms. The molecule has 0 aromatic rings. The summed E-state index contributed by atoms with van der Waals surface area (Å²) in [6.07, 6.45) is 10.6. The quantitative estimate of drug-likeness (QED) is 0.288. The van der Waals surface area contributed by atoms with Crippen molar-refractivity contribution in [2.24, 2.45) is 0 Å². The zero-order valence-corrected chi connectivity index (χ0v) is 10.8. The first-order valence-corrected chi connectivity index (χ1v) is 6.63. The van der Waals surface area contributed by atoms with Crippen LogP contribution in [0.5, 0.6) is 0 Å². The van der Waals surface area contributed by atoms with Crippen LogP contribution in [0.1, 0.15) is 72.1 Å². The lowest BCUT2D eigenvalue weighted by molar-refractivity contribution is -0.322. The lowest BCUT2D eigenvalue weighted by atomic mass is 10.1. The van der Waals surface area contributed by atoms with E-state index < -0.39 is 0 Å². The zero-order chi connectivity index (χ0) is 11.4. The molecule has 0 radical (unpaired) electrons. The first-order chi connectivity index (χ1) is 7.35. The summed E-state index contributed by atoms with van der Waals surface area (Å²) in [6, 6.07) is 0. The number of hydrogen-bond acceptors (Lipinski definition) is 2. The smallest absolute Gasteiger partial charge is 0.0927 e. The van der Waals surface area contributed by atoms with E-state index in [9.17, 15) is 0 Å². The molecule has 0 aromatic carbocycles. The molecule has 2 heteroatoms. The average molecular weight is 216 g/mol. The molecule has 0 aliphatic heterocycles. The molecular formula is C13H28O2. The van der Waals surface area contributed by atoms with Crippen molar-refractivity contribution in [1.29, 1.82) is 0 Å². The van der Waals surface area contributed by atoms with Crippen molar-refractivity contribution in [1.82, 2.24) is 0 Å². The lowest BCUT2D eigenvalue weighted by Crippen LogP contribution is -2.12. The number of unbranched alkanes of at least 4 members (excludes halogenated alkanes) is 5. The highest BCUT2D eigenvalue weighted by Gasteiger charge is 2.06. The van der Waals surface area contributed by atoms with Gasteiger partial charge in [0.25, 0.3) is 0 Å². The second kappa shape index (κ2) is 12.0. The Kier molecular flexibility index (Phi) is 11.9. The van der Waals surface area contributed by atoms with Crippen LogP contribution in [0.25, 0.3) is 0 Å². The van der Waals surface area contributed by atoms with E-state index in [1.165, 1.54) is 38.5 Å². The van der Waals surface area contributed by atoms with E-state index >= 15 is 0 Å². The average Bonchev–Trinajstić information content (AvgIpc) is 2.27. The molecule has 0 aliphatic rings. The summed E-state index contributed by atoms with van der Waals surface area (Å²) in [7, 11) is 0. The molecule has 1 atom stereocenters. The predicted molar refractivity (Wildman–Crippen MR) is 64.8 cm³/mol. The summed E-state index contributed by atoms with van der Waals surface area (Å²) in [4.78, 5) is 10.3. The van der Waals surface area contributed by atoms with Crippen molar-refractivity contribution >= 4 is 0 Å². The van der Waals surface area contributed by atoms with Gasteiger partial charge in [0.1, 0.15) is 0 Å². The third kappa shape index (κ3) is 10.2. The fraction of sp³-hybridized carbons (Fsp3) is 1.00. The Labute approximate surface area is 95.3 Å². The van der Waals surface area contributed by atoms with Gasteiger partial charge < -0.3 is 0 Å². The highest BCUT2D eigenvalue weighted by Crippen LogP contribution is 2.12. The third-order valence-electron chi connectivity index (χ3n) is 2.66. The minimum atomic E-state index is 0.302. The number of rotatable bonds is 11. The second-order valence-corrected chi connectivity index (χ2v) is 4.09. The van der Waals surface area contributed by atoms with Gasteiger partial charge in [-0.15, -0.1) is 0 Å². The van der Waals surface area contributed by atoms with E-state index in [-0.39, 0.29) is 0 Å². The van der Waals surface area contributed by atoms with E-state index in [1.807, 2.05) is 6.92 Å². The van der Waals surface area contributed by atoms with Gasteiger partial charge in [0, 0.05) is 0 Å². The second-order valence-electron chi connectivity index (χ2n) is 4.09. The van der Waals surface area contributed by atoms with Crippen molar-refractivity contribution in [3.05, 3.63) is 0 Å². The fourth-order valence-electron chi connectivity index (χ4n) is 1.64. The maximum absolute atomic E-state index is 5.27. The molecule has 0 aromatic heterocycles. The van der Waals surface area contributed by atoms with Gasteiger partial charge in [-0.2, -0.15) is 0 Å². The first-order valence-electron chi connectivity index (χ1n) is 6.63. The molecule has 2 nitrogen and oxygen atoms in total. The van der Waals surface area contributed by atoms with Gasteiger partial charge in [0.2, 0.25) is 0 Å². The molecule has 0 N–H and O–H groups in total. The molecule has 0 heterocycles. The van der Waals surface area contributed by atoms with Gasteiger partial charge >= 0.3 is 0 Å². The predicted octanol–water partition coefficient (Wildman–Crippen LogP) is 4.48. The van der Waals surface area contributed by atoms with E-state index in [2.05, 4.69) is 13.8 Å². The Hall–Kier alpha value is -0.0800. The Balaban J connectivity index is 3.22. The lowest BCUT2D eigenvalue weighted by Gasteiger charge is -2.13. The summed E-state index contributed by atoms with van der Waals surface area (Å²) in [5.74, 6) is 0. The topological polar surface area (TPSA) is 18.5 Å². The number of hydrogen-bond donors (Lipinski definition) is 0. The Bertz CT molecular complexity index is 115.